The lowest BCUT2D eigenvalue weighted by molar-refractivity contribution is 0.0923. The first-order chi connectivity index (χ1) is 18.0. The molecule has 0 aliphatic rings. The highest BCUT2D eigenvalue weighted by molar-refractivity contribution is 5.93. The molecule has 0 radical (unpaired) electrons. The SMILES string of the molecule is COc1cccc(C=NNC(=O)c2ccc(COc3ccc(-n4c(C)ccc4C)cc3)o2)c1OCC#N. The van der Waals surface area contributed by atoms with Crippen LogP contribution in [-0.4, -0.2) is 30.4 Å². The number of para-hydroxylation sites is 1. The molecule has 0 spiro atoms. The molecule has 0 saturated carbocycles. The Morgan fingerprint density at radius 2 is 1.81 bits per heavy atom. The lowest BCUT2D eigenvalue weighted by Crippen LogP contribution is -2.17. The standard InChI is InChI=1S/C28H26N4O5/c1-19-7-8-20(2)32(19)22-9-11-23(12-10-22)36-18-24-13-14-26(37-24)28(33)31-30-17-21-5-4-6-25(34-3)27(21)35-16-15-29/h4-14,17H,16,18H2,1-3H3,(H,31,33). The van der Waals surface area contributed by atoms with E-state index in [1.165, 1.54) is 13.3 Å². The number of amides is 1. The van der Waals surface area contributed by atoms with Crippen molar-refractivity contribution in [3.63, 3.8) is 0 Å². The summed E-state index contributed by atoms with van der Waals surface area (Å²) in [6.45, 7) is 4.14. The van der Waals surface area contributed by atoms with Gasteiger partial charge in [-0.1, -0.05) is 6.07 Å². The normalized spacial score (nSPS) is 10.8. The van der Waals surface area contributed by atoms with Gasteiger partial charge in [-0.15, -0.1) is 0 Å². The Kier molecular flexibility index (Phi) is 7.91. The molecule has 2 aromatic heterocycles. The van der Waals surface area contributed by atoms with Crippen LogP contribution in [0, 0.1) is 25.2 Å². The summed E-state index contributed by atoms with van der Waals surface area (Å²) in [4.78, 5) is 12.4. The second-order valence-corrected chi connectivity index (χ2v) is 8.02. The summed E-state index contributed by atoms with van der Waals surface area (Å²) >= 11 is 0. The molecule has 0 fully saturated rings. The summed E-state index contributed by atoms with van der Waals surface area (Å²) in [6, 6.07) is 22.2. The average molecular weight is 499 g/mol. The van der Waals surface area contributed by atoms with Crippen molar-refractivity contribution in [2.45, 2.75) is 20.5 Å². The van der Waals surface area contributed by atoms with Crippen LogP contribution in [0.25, 0.3) is 5.69 Å². The van der Waals surface area contributed by atoms with Crippen LogP contribution in [0.3, 0.4) is 0 Å². The topological polar surface area (TPSA) is 111 Å². The summed E-state index contributed by atoms with van der Waals surface area (Å²) < 4.78 is 24.3. The maximum absolute atomic E-state index is 12.4. The number of hydrogen-bond acceptors (Lipinski definition) is 7. The molecule has 0 saturated heterocycles. The van der Waals surface area contributed by atoms with Gasteiger partial charge in [0.15, 0.2) is 23.9 Å². The molecule has 2 aromatic carbocycles. The van der Waals surface area contributed by atoms with Crippen molar-refractivity contribution >= 4 is 12.1 Å². The predicted octanol–water partition coefficient (Wildman–Crippen LogP) is 4.94. The van der Waals surface area contributed by atoms with Gasteiger partial charge >= 0.3 is 5.91 Å². The maximum Gasteiger partial charge on any atom is 0.307 e. The molecule has 9 nitrogen and oxygen atoms in total. The Hall–Kier alpha value is -4.97. The fraction of sp³-hybridized carbons (Fsp3) is 0.179. The van der Waals surface area contributed by atoms with E-state index in [4.69, 9.17) is 23.9 Å². The van der Waals surface area contributed by atoms with Gasteiger partial charge in [-0.05, 0) is 74.5 Å². The number of rotatable bonds is 10. The van der Waals surface area contributed by atoms with E-state index < -0.39 is 5.91 Å². The highest BCUT2D eigenvalue weighted by Gasteiger charge is 2.12. The second kappa shape index (κ2) is 11.6. The molecule has 1 N–H and O–H groups in total. The van der Waals surface area contributed by atoms with Crippen LogP contribution in [0.2, 0.25) is 0 Å². The monoisotopic (exact) mass is 498 g/mol. The lowest BCUT2D eigenvalue weighted by atomic mass is 10.2. The summed E-state index contributed by atoms with van der Waals surface area (Å²) in [7, 11) is 1.50. The Morgan fingerprint density at radius 1 is 1.05 bits per heavy atom. The first kappa shape index (κ1) is 25.1. The molecule has 0 aliphatic carbocycles. The smallest absolute Gasteiger partial charge is 0.307 e. The molecule has 0 aliphatic heterocycles. The number of nitriles is 1. The third-order valence-electron chi connectivity index (χ3n) is 5.51. The van der Waals surface area contributed by atoms with Crippen LogP contribution in [0.15, 0.2) is 76.2 Å². The second-order valence-electron chi connectivity index (χ2n) is 8.02. The van der Waals surface area contributed by atoms with E-state index in [0.717, 1.165) is 17.1 Å². The minimum Gasteiger partial charge on any atom is -0.493 e. The average Bonchev–Trinajstić information content (AvgIpc) is 3.53. The molecule has 4 rings (SSSR count). The van der Waals surface area contributed by atoms with Gasteiger partial charge in [-0.2, -0.15) is 10.4 Å². The molecule has 188 valence electrons. The van der Waals surface area contributed by atoms with Gasteiger partial charge in [0.2, 0.25) is 0 Å². The summed E-state index contributed by atoms with van der Waals surface area (Å²) in [6.07, 6.45) is 1.40. The van der Waals surface area contributed by atoms with Crippen LogP contribution in [-0.2, 0) is 6.61 Å². The van der Waals surface area contributed by atoms with E-state index >= 15 is 0 Å². The van der Waals surface area contributed by atoms with E-state index in [1.807, 2.05) is 30.3 Å². The van der Waals surface area contributed by atoms with E-state index in [9.17, 15) is 4.79 Å². The number of carbonyl (C=O) groups is 1. The number of hydrazone groups is 1. The number of nitrogens with one attached hydrogen (secondary N) is 1. The molecular formula is C28H26N4O5. The van der Waals surface area contributed by atoms with Crippen LogP contribution in [0.5, 0.6) is 17.2 Å². The zero-order valence-corrected chi connectivity index (χ0v) is 20.7. The molecule has 2 heterocycles. The van der Waals surface area contributed by atoms with Crippen LogP contribution in [0.4, 0.5) is 0 Å². The van der Waals surface area contributed by atoms with Crippen LogP contribution < -0.4 is 19.6 Å². The van der Waals surface area contributed by atoms with E-state index in [-0.39, 0.29) is 19.0 Å². The fourth-order valence-corrected chi connectivity index (χ4v) is 3.77. The van der Waals surface area contributed by atoms with E-state index in [0.29, 0.717) is 28.6 Å². The number of nitrogens with zero attached hydrogens (tertiary/aromatic N) is 3. The maximum atomic E-state index is 12.4. The summed E-state index contributed by atoms with van der Waals surface area (Å²) in [5, 5.41) is 12.8. The van der Waals surface area contributed by atoms with Crippen molar-refractivity contribution < 1.29 is 23.4 Å². The first-order valence-corrected chi connectivity index (χ1v) is 11.5. The fourth-order valence-electron chi connectivity index (χ4n) is 3.77. The molecule has 9 heteroatoms. The number of aromatic nitrogens is 1. The third-order valence-corrected chi connectivity index (χ3v) is 5.51. The van der Waals surface area contributed by atoms with Crippen molar-refractivity contribution in [2.75, 3.05) is 13.7 Å². The predicted molar refractivity (Wildman–Crippen MR) is 137 cm³/mol. The minimum atomic E-state index is -0.522. The van der Waals surface area contributed by atoms with Crippen molar-refractivity contribution in [3.05, 3.63) is 95.2 Å². The number of carbonyl (C=O) groups excluding carboxylic acids is 1. The number of aryl methyl sites for hydroxylation is 2. The highest BCUT2D eigenvalue weighted by atomic mass is 16.5. The Balaban J connectivity index is 1.33. The van der Waals surface area contributed by atoms with Gasteiger partial charge < -0.3 is 23.2 Å². The third kappa shape index (κ3) is 6.00. The van der Waals surface area contributed by atoms with Gasteiger partial charge in [-0.25, -0.2) is 5.43 Å². The first-order valence-electron chi connectivity index (χ1n) is 11.5. The largest absolute Gasteiger partial charge is 0.493 e. The molecule has 4 aromatic rings. The number of hydrogen-bond donors (Lipinski definition) is 1. The number of benzene rings is 2. The Bertz CT molecular complexity index is 1420. The van der Waals surface area contributed by atoms with E-state index in [2.05, 4.69) is 41.1 Å². The molecule has 0 bridgehead atoms. The zero-order chi connectivity index (χ0) is 26.2. The number of ether oxygens (including phenoxy) is 3. The van der Waals surface area contributed by atoms with Crippen LogP contribution in [0.1, 0.15) is 33.3 Å². The van der Waals surface area contributed by atoms with Crippen molar-refractivity contribution in [2.24, 2.45) is 5.10 Å². The molecule has 1 amide bonds. The Morgan fingerprint density at radius 3 is 2.51 bits per heavy atom. The molecule has 0 atom stereocenters. The number of methoxy groups -OCH3 is 1. The summed E-state index contributed by atoms with van der Waals surface area (Å²) in [5.74, 6) is 1.56. The zero-order valence-electron chi connectivity index (χ0n) is 20.7. The highest BCUT2D eigenvalue weighted by Crippen LogP contribution is 2.30. The molecule has 37 heavy (non-hydrogen) atoms. The van der Waals surface area contributed by atoms with Gasteiger partial charge in [0.05, 0.1) is 13.3 Å². The van der Waals surface area contributed by atoms with Crippen molar-refractivity contribution in [3.8, 4) is 29.0 Å². The van der Waals surface area contributed by atoms with Gasteiger partial charge in [0.25, 0.3) is 0 Å². The lowest BCUT2D eigenvalue weighted by Gasteiger charge is -2.10. The van der Waals surface area contributed by atoms with Crippen molar-refractivity contribution in [1.29, 1.82) is 5.26 Å². The van der Waals surface area contributed by atoms with Crippen molar-refractivity contribution in [1.82, 2.24) is 9.99 Å². The minimum absolute atomic E-state index is 0.0938. The summed E-state index contributed by atoms with van der Waals surface area (Å²) in [5.41, 5.74) is 6.33. The van der Waals surface area contributed by atoms with Gasteiger partial charge in [-0.3, -0.25) is 4.79 Å². The molecule has 0 unspecified atom stereocenters. The quantitative estimate of drug-likeness (QED) is 0.245. The van der Waals surface area contributed by atoms with Gasteiger partial charge in [0, 0.05) is 22.6 Å². The van der Waals surface area contributed by atoms with Crippen LogP contribution >= 0.6 is 0 Å². The van der Waals surface area contributed by atoms with E-state index in [1.54, 1.807) is 30.3 Å². The van der Waals surface area contributed by atoms with Gasteiger partial charge in [0.1, 0.15) is 24.2 Å². The molecular weight excluding hydrogens is 472 g/mol. The Labute approximate surface area is 214 Å². The number of furan rings is 1.